The Hall–Kier alpha value is -1.88. The summed E-state index contributed by atoms with van der Waals surface area (Å²) >= 11 is 1.76. The van der Waals surface area contributed by atoms with Crippen LogP contribution < -0.4 is 10.6 Å². The van der Waals surface area contributed by atoms with Crippen molar-refractivity contribution < 1.29 is 0 Å². The van der Waals surface area contributed by atoms with E-state index in [9.17, 15) is 0 Å². The maximum atomic E-state index is 4.38. The van der Waals surface area contributed by atoms with E-state index in [1.165, 1.54) is 21.9 Å². The molecule has 4 nitrogen and oxygen atoms in total. The number of guanidine groups is 1. The van der Waals surface area contributed by atoms with Gasteiger partial charge in [0, 0.05) is 37.6 Å². The molecule has 2 N–H and O–H groups in total. The molecule has 1 fully saturated rings. The van der Waals surface area contributed by atoms with Gasteiger partial charge in [0.05, 0.1) is 5.01 Å². The summed E-state index contributed by atoms with van der Waals surface area (Å²) in [6, 6.07) is 10.8. The number of hydrogen-bond acceptors (Lipinski definition) is 3. The van der Waals surface area contributed by atoms with E-state index in [1.807, 2.05) is 13.2 Å². The van der Waals surface area contributed by atoms with E-state index in [0.717, 1.165) is 31.4 Å². The lowest BCUT2D eigenvalue weighted by Gasteiger charge is -2.11. The van der Waals surface area contributed by atoms with Crippen molar-refractivity contribution in [1.29, 1.82) is 0 Å². The van der Waals surface area contributed by atoms with Gasteiger partial charge in [-0.3, -0.25) is 4.99 Å². The molecule has 0 saturated heterocycles. The number of nitrogens with one attached hydrogen (secondary N) is 2. The fourth-order valence-corrected chi connectivity index (χ4v) is 3.62. The average Bonchev–Trinajstić information content (AvgIpc) is 3.25. The van der Waals surface area contributed by atoms with Crippen molar-refractivity contribution in [2.45, 2.75) is 25.7 Å². The van der Waals surface area contributed by atoms with Gasteiger partial charge in [-0.15, -0.1) is 11.3 Å². The summed E-state index contributed by atoms with van der Waals surface area (Å²) in [5, 5.41) is 7.99. The van der Waals surface area contributed by atoms with Crippen LogP contribution in [-0.4, -0.2) is 31.1 Å². The van der Waals surface area contributed by atoms with E-state index >= 15 is 0 Å². The van der Waals surface area contributed by atoms with E-state index in [2.05, 4.69) is 57.9 Å². The third kappa shape index (κ3) is 4.55. The van der Waals surface area contributed by atoms with Gasteiger partial charge in [0.25, 0.3) is 0 Å². The number of aromatic nitrogens is 1. The Morgan fingerprint density at radius 1 is 1.30 bits per heavy atom. The quantitative estimate of drug-likeness (QED) is 0.633. The second-order valence-electron chi connectivity index (χ2n) is 6.01. The predicted molar refractivity (Wildman–Crippen MR) is 97.2 cm³/mol. The second kappa shape index (κ2) is 7.59. The standard InChI is InChI=1S/C18H24N4S/c1-13-11-21-17(23-13)8-9-20-18(19-2)22-12-15-10-16(15)14-6-4-3-5-7-14/h3-7,11,15-16H,8-10,12H2,1-2H3,(H2,19,20,22). The molecular formula is C18H24N4S. The van der Waals surface area contributed by atoms with Crippen LogP contribution in [0, 0.1) is 12.8 Å². The number of thiazole rings is 1. The summed E-state index contributed by atoms with van der Waals surface area (Å²) in [5.41, 5.74) is 1.46. The van der Waals surface area contributed by atoms with Crippen molar-refractivity contribution in [2.75, 3.05) is 20.1 Å². The molecule has 1 aromatic carbocycles. The Bertz CT molecular complexity index is 650. The van der Waals surface area contributed by atoms with Gasteiger partial charge >= 0.3 is 0 Å². The monoisotopic (exact) mass is 328 g/mol. The first kappa shape index (κ1) is 16.0. The molecule has 1 heterocycles. The van der Waals surface area contributed by atoms with Gasteiger partial charge in [0.2, 0.25) is 0 Å². The molecule has 1 aromatic heterocycles. The summed E-state index contributed by atoms with van der Waals surface area (Å²) in [6.07, 6.45) is 4.14. The third-order valence-electron chi connectivity index (χ3n) is 4.21. The molecule has 1 saturated carbocycles. The zero-order valence-corrected chi connectivity index (χ0v) is 14.6. The van der Waals surface area contributed by atoms with Crippen LogP contribution in [0.1, 0.15) is 27.8 Å². The minimum Gasteiger partial charge on any atom is -0.356 e. The molecule has 2 unspecified atom stereocenters. The van der Waals surface area contributed by atoms with Crippen molar-refractivity contribution in [3.05, 3.63) is 52.0 Å². The van der Waals surface area contributed by atoms with Gasteiger partial charge in [-0.25, -0.2) is 4.98 Å². The maximum absolute atomic E-state index is 4.38. The third-order valence-corrected chi connectivity index (χ3v) is 5.18. The van der Waals surface area contributed by atoms with E-state index in [4.69, 9.17) is 0 Å². The van der Waals surface area contributed by atoms with Crippen LogP contribution in [0.2, 0.25) is 0 Å². The van der Waals surface area contributed by atoms with Gasteiger partial charge in [0.15, 0.2) is 5.96 Å². The number of benzene rings is 1. The summed E-state index contributed by atoms with van der Waals surface area (Å²) in [5.74, 6) is 2.31. The highest BCUT2D eigenvalue weighted by Crippen LogP contribution is 2.46. The highest BCUT2D eigenvalue weighted by atomic mass is 32.1. The van der Waals surface area contributed by atoms with Gasteiger partial charge < -0.3 is 10.6 Å². The number of rotatable bonds is 6. The summed E-state index contributed by atoms with van der Waals surface area (Å²) in [4.78, 5) is 9.95. The highest BCUT2D eigenvalue weighted by Gasteiger charge is 2.37. The molecule has 0 amide bonds. The first-order valence-electron chi connectivity index (χ1n) is 8.17. The van der Waals surface area contributed by atoms with Crippen molar-refractivity contribution in [3.63, 3.8) is 0 Å². The molecule has 1 aliphatic rings. The molecule has 0 radical (unpaired) electrons. The zero-order chi connectivity index (χ0) is 16.1. The lowest BCUT2D eigenvalue weighted by atomic mass is 10.1. The Labute approximate surface area is 142 Å². The van der Waals surface area contributed by atoms with Crippen LogP contribution in [0.25, 0.3) is 0 Å². The van der Waals surface area contributed by atoms with Crippen LogP contribution in [0.3, 0.4) is 0 Å². The second-order valence-corrected chi connectivity index (χ2v) is 7.33. The lowest BCUT2D eigenvalue weighted by molar-refractivity contribution is 0.717. The van der Waals surface area contributed by atoms with Crippen molar-refractivity contribution >= 4 is 17.3 Å². The molecule has 122 valence electrons. The molecule has 0 bridgehead atoms. The maximum Gasteiger partial charge on any atom is 0.190 e. The van der Waals surface area contributed by atoms with E-state index < -0.39 is 0 Å². The summed E-state index contributed by atoms with van der Waals surface area (Å²) in [6.45, 7) is 3.93. The molecular weight excluding hydrogens is 304 g/mol. The highest BCUT2D eigenvalue weighted by molar-refractivity contribution is 7.11. The van der Waals surface area contributed by atoms with Crippen LogP contribution >= 0.6 is 11.3 Å². The molecule has 2 atom stereocenters. The Morgan fingerprint density at radius 2 is 2.13 bits per heavy atom. The van der Waals surface area contributed by atoms with Gasteiger partial charge in [-0.05, 0) is 30.7 Å². The van der Waals surface area contributed by atoms with Crippen LogP contribution in [0.5, 0.6) is 0 Å². The van der Waals surface area contributed by atoms with Crippen molar-refractivity contribution in [2.24, 2.45) is 10.9 Å². The molecule has 3 rings (SSSR count). The van der Waals surface area contributed by atoms with Gasteiger partial charge in [-0.1, -0.05) is 30.3 Å². The Morgan fingerprint density at radius 3 is 2.83 bits per heavy atom. The first-order chi connectivity index (χ1) is 11.3. The minimum absolute atomic E-state index is 0.708. The number of aryl methyl sites for hydroxylation is 1. The SMILES string of the molecule is CN=C(NCCc1ncc(C)s1)NCC1CC1c1ccccc1. The van der Waals surface area contributed by atoms with Crippen LogP contribution in [-0.2, 0) is 6.42 Å². The zero-order valence-electron chi connectivity index (χ0n) is 13.7. The normalized spacial score (nSPS) is 20.3. The largest absolute Gasteiger partial charge is 0.356 e. The molecule has 0 aliphatic heterocycles. The molecule has 23 heavy (non-hydrogen) atoms. The number of aliphatic imine (C=N–C) groups is 1. The number of nitrogens with zero attached hydrogens (tertiary/aromatic N) is 2. The fraction of sp³-hybridized carbons (Fsp3) is 0.444. The average molecular weight is 328 g/mol. The predicted octanol–water partition coefficient (Wildman–Crippen LogP) is 2.96. The molecule has 0 spiro atoms. The fourth-order valence-electron chi connectivity index (χ4n) is 2.83. The lowest BCUT2D eigenvalue weighted by Crippen LogP contribution is -2.39. The van der Waals surface area contributed by atoms with Crippen molar-refractivity contribution in [3.8, 4) is 0 Å². The first-order valence-corrected chi connectivity index (χ1v) is 8.98. The van der Waals surface area contributed by atoms with Crippen molar-refractivity contribution in [1.82, 2.24) is 15.6 Å². The Kier molecular flexibility index (Phi) is 5.28. The summed E-state index contributed by atoms with van der Waals surface area (Å²) < 4.78 is 0. The van der Waals surface area contributed by atoms with E-state index in [1.54, 1.807) is 11.3 Å². The Balaban J connectivity index is 1.37. The van der Waals surface area contributed by atoms with E-state index in [0.29, 0.717) is 5.92 Å². The molecule has 2 aromatic rings. The van der Waals surface area contributed by atoms with Crippen LogP contribution in [0.15, 0.2) is 41.5 Å². The smallest absolute Gasteiger partial charge is 0.190 e. The minimum atomic E-state index is 0.708. The van der Waals surface area contributed by atoms with Gasteiger partial charge in [0.1, 0.15) is 0 Å². The topological polar surface area (TPSA) is 49.3 Å². The summed E-state index contributed by atoms with van der Waals surface area (Å²) in [7, 11) is 1.82. The van der Waals surface area contributed by atoms with E-state index in [-0.39, 0.29) is 0 Å². The van der Waals surface area contributed by atoms with Crippen LogP contribution in [0.4, 0.5) is 0 Å². The molecule has 5 heteroatoms. The van der Waals surface area contributed by atoms with Gasteiger partial charge in [-0.2, -0.15) is 0 Å². The molecule has 1 aliphatic carbocycles. The number of hydrogen-bond donors (Lipinski definition) is 2.